The first-order valence-corrected chi connectivity index (χ1v) is 9.44. The number of hydrogen-bond donors (Lipinski definition) is 2. The number of anilines is 3. The van der Waals surface area contributed by atoms with E-state index in [4.69, 9.17) is 4.74 Å². The lowest BCUT2D eigenvalue weighted by atomic mass is 10.1. The van der Waals surface area contributed by atoms with Crippen molar-refractivity contribution >= 4 is 40.0 Å². The number of nitrogens with one attached hydrogen (secondary N) is 2. The summed E-state index contributed by atoms with van der Waals surface area (Å²) >= 11 is 1.22. The van der Waals surface area contributed by atoms with Crippen molar-refractivity contribution in [1.29, 1.82) is 5.26 Å². The smallest absolute Gasteiger partial charge is 0.232 e. The monoisotopic (exact) mass is 401 g/mol. The van der Waals surface area contributed by atoms with E-state index < -0.39 is 11.6 Å². The predicted molar refractivity (Wildman–Crippen MR) is 107 cm³/mol. The number of rotatable bonds is 7. The van der Waals surface area contributed by atoms with Gasteiger partial charge in [-0.15, -0.1) is 0 Å². The molecule has 6 nitrogen and oxygen atoms in total. The van der Waals surface area contributed by atoms with Crippen molar-refractivity contribution in [3.8, 4) is 11.9 Å². The van der Waals surface area contributed by atoms with E-state index in [1.165, 1.54) is 31.3 Å². The summed E-state index contributed by atoms with van der Waals surface area (Å²) in [5.41, 5.74) is 1.14. The van der Waals surface area contributed by atoms with Crippen molar-refractivity contribution in [3.05, 3.63) is 47.7 Å². The van der Waals surface area contributed by atoms with Crippen molar-refractivity contribution in [1.82, 2.24) is 9.97 Å². The molecule has 1 aromatic heterocycles. The number of benzene rings is 2. The van der Waals surface area contributed by atoms with Crippen molar-refractivity contribution < 1.29 is 13.5 Å². The first kappa shape index (κ1) is 19.6. The minimum atomic E-state index is -0.774. The fraction of sp³-hybridized carbons (Fsp3) is 0.211. The number of hydrogen-bond acceptors (Lipinski definition) is 7. The minimum absolute atomic E-state index is 0.0349. The van der Waals surface area contributed by atoms with Crippen LogP contribution < -0.4 is 14.8 Å². The van der Waals surface area contributed by atoms with Gasteiger partial charge in [-0.2, -0.15) is 5.26 Å². The molecule has 3 rings (SSSR count). The Bertz CT molecular complexity index is 1050. The molecule has 0 fully saturated rings. The number of methoxy groups -OCH3 is 1. The van der Waals surface area contributed by atoms with Crippen LogP contribution in [-0.2, 0) is 0 Å². The van der Waals surface area contributed by atoms with Gasteiger partial charge in [0.1, 0.15) is 28.7 Å². The highest BCUT2D eigenvalue weighted by atomic mass is 32.2. The van der Waals surface area contributed by atoms with Crippen LogP contribution in [0.5, 0.6) is 5.88 Å². The largest absolute Gasteiger partial charge is 0.480 e. The van der Waals surface area contributed by atoms with Gasteiger partial charge in [0.25, 0.3) is 0 Å². The van der Waals surface area contributed by atoms with Gasteiger partial charge in [-0.3, -0.25) is 0 Å². The van der Waals surface area contributed by atoms with E-state index in [2.05, 4.69) is 26.1 Å². The molecule has 0 saturated heterocycles. The number of ether oxygens (including phenoxy) is 1. The summed E-state index contributed by atoms with van der Waals surface area (Å²) in [7, 11) is 1.45. The van der Waals surface area contributed by atoms with Crippen molar-refractivity contribution in [3.63, 3.8) is 0 Å². The minimum Gasteiger partial charge on any atom is -0.480 e. The topological polar surface area (TPSA) is 82.9 Å². The lowest BCUT2D eigenvalue weighted by molar-refractivity contribution is 0.397. The molecule has 28 heavy (non-hydrogen) atoms. The Morgan fingerprint density at radius 1 is 1.21 bits per heavy atom. The van der Waals surface area contributed by atoms with Crippen LogP contribution >= 0.6 is 11.9 Å². The van der Waals surface area contributed by atoms with Gasteiger partial charge in [0.2, 0.25) is 5.88 Å². The van der Waals surface area contributed by atoms with Crippen molar-refractivity contribution in [2.24, 2.45) is 0 Å². The second kappa shape index (κ2) is 8.71. The Labute approximate surface area is 165 Å². The quantitative estimate of drug-likeness (QED) is 0.426. The summed E-state index contributed by atoms with van der Waals surface area (Å²) in [6.07, 6.45) is 2.31. The lowest BCUT2D eigenvalue weighted by Crippen LogP contribution is -2.03. The Balaban J connectivity index is 2.01. The molecule has 3 aromatic rings. The van der Waals surface area contributed by atoms with Crippen LogP contribution in [0.3, 0.4) is 0 Å². The highest BCUT2D eigenvalue weighted by Crippen LogP contribution is 2.32. The first-order valence-electron chi connectivity index (χ1n) is 8.45. The van der Waals surface area contributed by atoms with E-state index in [-0.39, 0.29) is 22.8 Å². The molecular formula is C19H17F2N5OS. The molecule has 0 aliphatic carbocycles. The molecule has 144 valence electrons. The molecule has 2 aromatic carbocycles. The van der Waals surface area contributed by atoms with Gasteiger partial charge in [0.05, 0.1) is 30.2 Å². The van der Waals surface area contributed by atoms with Gasteiger partial charge in [0.15, 0.2) is 5.82 Å². The van der Waals surface area contributed by atoms with Crippen LogP contribution in [0.1, 0.15) is 18.9 Å². The zero-order chi connectivity index (χ0) is 20.1. The number of nitriles is 1. The van der Waals surface area contributed by atoms with Crippen LogP contribution in [0, 0.1) is 23.0 Å². The summed E-state index contributed by atoms with van der Waals surface area (Å²) in [5, 5.41) is 12.5. The molecule has 9 heteroatoms. The van der Waals surface area contributed by atoms with Crippen LogP contribution in [-0.4, -0.2) is 22.8 Å². The van der Waals surface area contributed by atoms with E-state index in [1.807, 2.05) is 6.92 Å². The SMILES string of the molecule is CCCSNc1c(F)ccc(Nc2ccc3ncc(OC)nc3c2C#N)c1F. The highest BCUT2D eigenvalue weighted by molar-refractivity contribution is 8.00. The molecule has 0 radical (unpaired) electrons. The zero-order valence-corrected chi connectivity index (χ0v) is 16.0. The molecule has 0 atom stereocenters. The van der Waals surface area contributed by atoms with Crippen LogP contribution in [0.25, 0.3) is 11.0 Å². The Morgan fingerprint density at radius 3 is 2.71 bits per heavy atom. The first-order chi connectivity index (χ1) is 13.6. The van der Waals surface area contributed by atoms with Crippen LogP contribution in [0.15, 0.2) is 30.5 Å². The molecule has 0 aliphatic heterocycles. The summed E-state index contributed by atoms with van der Waals surface area (Å²) < 4.78 is 36.6. The Hall–Kier alpha value is -3.12. The standard InChI is InChI=1S/C19H17F2N5OS/c1-3-8-28-26-19-12(20)4-5-14(17(19)21)24-13-6-7-15-18(11(13)9-22)25-16(27-2)10-23-15/h4-7,10,24,26H,3,8H2,1-2H3. The average molecular weight is 401 g/mol. The maximum atomic E-state index is 14.8. The molecule has 1 heterocycles. The molecule has 2 N–H and O–H groups in total. The molecule has 0 unspecified atom stereocenters. The predicted octanol–water partition coefficient (Wildman–Crippen LogP) is 5.00. The van der Waals surface area contributed by atoms with E-state index in [9.17, 15) is 14.0 Å². The summed E-state index contributed by atoms with van der Waals surface area (Å²) in [5.74, 6) is -0.501. The fourth-order valence-electron chi connectivity index (χ4n) is 2.49. The molecule has 0 amide bonds. The zero-order valence-electron chi connectivity index (χ0n) is 15.2. The maximum Gasteiger partial charge on any atom is 0.232 e. The van der Waals surface area contributed by atoms with Gasteiger partial charge in [0, 0.05) is 5.75 Å². The molecular weight excluding hydrogens is 384 g/mol. The average Bonchev–Trinajstić information content (AvgIpc) is 2.71. The molecule has 0 spiro atoms. The Morgan fingerprint density at radius 2 is 2.00 bits per heavy atom. The van der Waals surface area contributed by atoms with Gasteiger partial charge in [-0.05, 0) is 30.7 Å². The molecule has 0 bridgehead atoms. The number of fused-ring (bicyclic) bond motifs is 1. The second-order valence-electron chi connectivity index (χ2n) is 5.74. The van der Waals surface area contributed by atoms with Gasteiger partial charge >= 0.3 is 0 Å². The van der Waals surface area contributed by atoms with Gasteiger partial charge < -0.3 is 14.8 Å². The normalized spacial score (nSPS) is 10.5. The molecule has 0 aliphatic rings. The Kier molecular flexibility index (Phi) is 6.11. The number of halogens is 2. The third-order valence-corrected chi connectivity index (χ3v) is 4.82. The summed E-state index contributed by atoms with van der Waals surface area (Å²) in [6.45, 7) is 1.97. The fourth-order valence-corrected chi connectivity index (χ4v) is 3.13. The lowest BCUT2D eigenvalue weighted by Gasteiger charge is -2.14. The number of nitrogens with zero attached hydrogens (tertiary/aromatic N) is 3. The highest BCUT2D eigenvalue weighted by Gasteiger charge is 2.17. The van der Waals surface area contributed by atoms with E-state index >= 15 is 0 Å². The third kappa shape index (κ3) is 3.92. The van der Waals surface area contributed by atoms with Crippen LogP contribution in [0.2, 0.25) is 0 Å². The van der Waals surface area contributed by atoms with Crippen LogP contribution in [0.4, 0.5) is 25.8 Å². The van der Waals surface area contributed by atoms with Crippen molar-refractivity contribution in [2.45, 2.75) is 13.3 Å². The van der Waals surface area contributed by atoms with E-state index in [0.29, 0.717) is 22.5 Å². The maximum absolute atomic E-state index is 14.8. The molecule has 0 saturated carbocycles. The summed E-state index contributed by atoms with van der Waals surface area (Å²) in [6, 6.07) is 7.76. The number of aromatic nitrogens is 2. The van der Waals surface area contributed by atoms with Crippen molar-refractivity contribution in [2.75, 3.05) is 22.9 Å². The van der Waals surface area contributed by atoms with E-state index in [0.717, 1.165) is 12.5 Å². The summed E-state index contributed by atoms with van der Waals surface area (Å²) in [4.78, 5) is 8.45. The van der Waals surface area contributed by atoms with Gasteiger partial charge in [-0.1, -0.05) is 18.9 Å². The second-order valence-corrected chi connectivity index (χ2v) is 6.64. The third-order valence-electron chi connectivity index (χ3n) is 3.85. The van der Waals surface area contributed by atoms with Gasteiger partial charge in [-0.25, -0.2) is 18.7 Å². The van der Waals surface area contributed by atoms with E-state index in [1.54, 1.807) is 12.1 Å².